The van der Waals surface area contributed by atoms with Gasteiger partial charge < -0.3 is 19.7 Å². The summed E-state index contributed by atoms with van der Waals surface area (Å²) in [4.78, 5) is 6.62. The molecule has 0 aliphatic carbocycles. The van der Waals surface area contributed by atoms with E-state index in [1.807, 2.05) is 0 Å². The van der Waals surface area contributed by atoms with E-state index in [2.05, 4.69) is 15.2 Å². The molecule has 0 saturated carbocycles. The normalized spacial score (nSPS) is 15.6. The van der Waals surface area contributed by atoms with Crippen LogP contribution in [0.25, 0.3) is 0 Å². The number of hydrogen-bond acceptors (Lipinski definition) is 3. The van der Waals surface area contributed by atoms with Gasteiger partial charge in [-0.15, -0.1) is 24.0 Å². The summed E-state index contributed by atoms with van der Waals surface area (Å²) in [6, 6.07) is 4.52. The lowest BCUT2D eigenvalue weighted by Crippen LogP contribution is -2.47. The second-order valence-corrected chi connectivity index (χ2v) is 6.77. The Bertz CT molecular complexity index is 584. The minimum absolute atomic E-state index is 0. The van der Waals surface area contributed by atoms with Gasteiger partial charge in [0.05, 0.1) is 6.10 Å². The zero-order valence-electron chi connectivity index (χ0n) is 16.0. The maximum absolute atomic E-state index is 13.1. The molecule has 0 spiro atoms. The summed E-state index contributed by atoms with van der Waals surface area (Å²) in [5.74, 6) is 0.580. The van der Waals surface area contributed by atoms with Crippen LogP contribution in [0.15, 0.2) is 23.2 Å². The third-order valence-electron chi connectivity index (χ3n) is 4.49. The Morgan fingerprint density at radius 3 is 2.70 bits per heavy atom. The maximum Gasteiger partial charge on any atom is 0.193 e. The second-order valence-electron chi connectivity index (χ2n) is 6.36. The van der Waals surface area contributed by atoms with Gasteiger partial charge in [0.15, 0.2) is 5.96 Å². The van der Waals surface area contributed by atoms with Gasteiger partial charge in [-0.25, -0.2) is 4.39 Å². The quantitative estimate of drug-likeness (QED) is 0.249. The topological polar surface area (TPSA) is 46.1 Å². The molecule has 0 amide bonds. The summed E-state index contributed by atoms with van der Waals surface area (Å²) in [6.07, 6.45) is 3.97. The maximum atomic E-state index is 13.1. The molecule has 1 fully saturated rings. The van der Waals surface area contributed by atoms with Crippen molar-refractivity contribution in [2.45, 2.75) is 31.8 Å². The van der Waals surface area contributed by atoms with E-state index < -0.39 is 0 Å². The predicted octanol–water partition coefficient (Wildman–Crippen LogP) is 3.73. The molecule has 8 heteroatoms. The molecule has 5 nitrogen and oxygen atoms in total. The molecule has 1 saturated heterocycles. The van der Waals surface area contributed by atoms with Gasteiger partial charge in [-0.05, 0) is 43.4 Å². The number of rotatable bonds is 8. The van der Waals surface area contributed by atoms with Gasteiger partial charge in [0.2, 0.25) is 0 Å². The van der Waals surface area contributed by atoms with Crippen molar-refractivity contribution in [3.63, 3.8) is 0 Å². The molecule has 2 rings (SSSR count). The van der Waals surface area contributed by atoms with Gasteiger partial charge in [0.25, 0.3) is 0 Å². The van der Waals surface area contributed by atoms with Crippen molar-refractivity contribution < 1.29 is 13.9 Å². The molecular weight excluding hydrogens is 484 g/mol. The summed E-state index contributed by atoms with van der Waals surface area (Å²) in [7, 11) is 3.50. The number of likely N-dealkylation sites (tertiary alicyclic amines) is 1. The van der Waals surface area contributed by atoms with Crippen molar-refractivity contribution in [1.29, 1.82) is 0 Å². The molecule has 1 heterocycles. The van der Waals surface area contributed by atoms with Crippen molar-refractivity contribution in [3.05, 3.63) is 34.6 Å². The van der Waals surface area contributed by atoms with E-state index in [-0.39, 0.29) is 29.8 Å². The first-order chi connectivity index (χ1) is 12.6. The third-order valence-corrected chi connectivity index (χ3v) is 4.84. The summed E-state index contributed by atoms with van der Waals surface area (Å²) >= 11 is 6.07. The number of piperidine rings is 1. The van der Waals surface area contributed by atoms with Crippen LogP contribution in [0, 0.1) is 5.82 Å². The minimum atomic E-state index is -0.310. The summed E-state index contributed by atoms with van der Waals surface area (Å²) in [5.41, 5.74) is 0.930. The van der Waals surface area contributed by atoms with Gasteiger partial charge in [-0.3, -0.25) is 4.99 Å². The zero-order valence-corrected chi connectivity index (χ0v) is 19.1. The number of hydrogen-bond donors (Lipinski definition) is 1. The van der Waals surface area contributed by atoms with E-state index in [4.69, 9.17) is 21.1 Å². The average molecular weight is 514 g/mol. The van der Waals surface area contributed by atoms with Crippen molar-refractivity contribution in [1.82, 2.24) is 10.2 Å². The average Bonchev–Trinajstić information content (AvgIpc) is 2.65. The van der Waals surface area contributed by atoms with E-state index >= 15 is 0 Å². The fourth-order valence-corrected chi connectivity index (χ4v) is 3.31. The van der Waals surface area contributed by atoms with E-state index in [1.54, 1.807) is 20.2 Å². The summed E-state index contributed by atoms with van der Waals surface area (Å²) in [6.45, 7) is 4.04. The molecule has 0 bridgehead atoms. The predicted molar refractivity (Wildman–Crippen MR) is 119 cm³/mol. The van der Waals surface area contributed by atoms with Gasteiger partial charge in [-0.1, -0.05) is 17.7 Å². The van der Waals surface area contributed by atoms with Crippen LogP contribution in [0.3, 0.4) is 0 Å². The highest BCUT2D eigenvalue weighted by Gasteiger charge is 2.21. The van der Waals surface area contributed by atoms with Crippen LogP contribution in [0.5, 0.6) is 0 Å². The number of ether oxygens (including phenoxy) is 2. The molecule has 0 radical (unpaired) electrons. The van der Waals surface area contributed by atoms with Gasteiger partial charge in [0, 0.05) is 52.0 Å². The molecule has 1 aliphatic rings. The largest absolute Gasteiger partial charge is 0.385 e. The Labute approximate surface area is 183 Å². The highest BCUT2D eigenvalue weighted by atomic mass is 127. The van der Waals surface area contributed by atoms with Gasteiger partial charge >= 0.3 is 0 Å². The first-order valence-corrected chi connectivity index (χ1v) is 9.52. The SMILES string of the molecule is CN=C(NCCc1ccc(F)cc1Cl)N1CCC(OCCCOC)CC1.I. The molecular formula is C19H30ClFIN3O2. The van der Waals surface area contributed by atoms with Crippen LogP contribution in [0.4, 0.5) is 4.39 Å². The zero-order chi connectivity index (χ0) is 18.8. The molecule has 1 aliphatic heterocycles. The van der Waals surface area contributed by atoms with E-state index in [9.17, 15) is 4.39 Å². The number of nitrogens with zero attached hydrogens (tertiary/aromatic N) is 2. The molecule has 0 atom stereocenters. The van der Waals surface area contributed by atoms with Crippen LogP contribution in [-0.2, 0) is 15.9 Å². The second kappa shape index (κ2) is 13.5. The lowest BCUT2D eigenvalue weighted by Gasteiger charge is -2.34. The highest BCUT2D eigenvalue weighted by Crippen LogP contribution is 2.18. The Morgan fingerprint density at radius 2 is 2.07 bits per heavy atom. The van der Waals surface area contributed by atoms with Crippen LogP contribution in [-0.4, -0.2) is 64.0 Å². The van der Waals surface area contributed by atoms with E-state index in [0.29, 0.717) is 17.7 Å². The van der Waals surface area contributed by atoms with Gasteiger partial charge in [0.1, 0.15) is 5.82 Å². The smallest absolute Gasteiger partial charge is 0.193 e. The highest BCUT2D eigenvalue weighted by molar-refractivity contribution is 14.0. The number of guanidine groups is 1. The Kier molecular flexibility index (Phi) is 12.2. The van der Waals surface area contributed by atoms with Crippen LogP contribution in [0.1, 0.15) is 24.8 Å². The number of benzene rings is 1. The number of nitrogens with one attached hydrogen (secondary N) is 1. The molecule has 1 N–H and O–H groups in total. The molecule has 0 aromatic heterocycles. The van der Waals surface area contributed by atoms with Crippen LogP contribution >= 0.6 is 35.6 Å². The van der Waals surface area contributed by atoms with Crippen molar-refractivity contribution in [2.24, 2.45) is 4.99 Å². The lowest BCUT2D eigenvalue weighted by molar-refractivity contribution is 0.00992. The summed E-state index contributed by atoms with van der Waals surface area (Å²) < 4.78 is 24.0. The minimum Gasteiger partial charge on any atom is -0.385 e. The number of halogens is 3. The number of methoxy groups -OCH3 is 1. The summed E-state index contributed by atoms with van der Waals surface area (Å²) in [5, 5.41) is 3.84. The van der Waals surface area contributed by atoms with Crippen molar-refractivity contribution in [3.8, 4) is 0 Å². The van der Waals surface area contributed by atoms with Crippen molar-refractivity contribution in [2.75, 3.05) is 47.0 Å². The molecule has 154 valence electrons. The van der Waals surface area contributed by atoms with Crippen LogP contribution in [0.2, 0.25) is 5.02 Å². The van der Waals surface area contributed by atoms with E-state index in [0.717, 1.165) is 63.5 Å². The Morgan fingerprint density at radius 1 is 1.33 bits per heavy atom. The molecule has 0 unspecified atom stereocenters. The lowest BCUT2D eigenvalue weighted by atomic mass is 10.1. The first kappa shape index (κ1) is 24.4. The van der Waals surface area contributed by atoms with Crippen molar-refractivity contribution >= 4 is 41.5 Å². The molecule has 27 heavy (non-hydrogen) atoms. The standard InChI is InChI=1S/C19H29ClFN3O2.HI/c1-22-19(23-9-6-15-4-5-16(21)14-18(15)20)24-10-7-17(8-11-24)26-13-3-12-25-2;/h4-5,14,17H,3,6-13H2,1-2H3,(H,22,23);1H. The first-order valence-electron chi connectivity index (χ1n) is 9.14. The van der Waals surface area contributed by atoms with E-state index in [1.165, 1.54) is 12.1 Å². The van der Waals surface area contributed by atoms with Gasteiger partial charge in [-0.2, -0.15) is 0 Å². The monoisotopic (exact) mass is 513 g/mol. The Balaban J connectivity index is 0.00000364. The molecule has 1 aromatic carbocycles. The molecule has 1 aromatic rings. The fraction of sp³-hybridized carbons (Fsp3) is 0.632. The van der Waals surface area contributed by atoms with Crippen LogP contribution < -0.4 is 5.32 Å². The Hall–Kier alpha value is -0.640. The fourth-order valence-electron chi connectivity index (χ4n) is 3.05. The third kappa shape index (κ3) is 8.50. The number of aliphatic imine (C=N–C) groups is 1.